The molecule has 0 N–H and O–H groups in total. The van der Waals surface area contributed by atoms with Crippen LogP contribution in [0.3, 0.4) is 0 Å². The molecule has 250 valence electrons. The van der Waals surface area contributed by atoms with Gasteiger partial charge in [0.1, 0.15) is 11.2 Å². The van der Waals surface area contributed by atoms with Crippen molar-refractivity contribution in [1.82, 2.24) is 19.4 Å². The standard InChI is InChI=1S/C49H28N4O/c1-3-11-29(12-4-1)47-50-48(30-13-5-2-6-14-30)52-49(51-47)34-16-9-15-31(25-34)32-22-24-43-40(26-32)41-27-33-21-23-38-37-19-10-18-36-35-17-7-8-20-42(35)53(45(36)37)46(38)39(33)28-44(41)54-43/h1-28H. The van der Waals surface area contributed by atoms with E-state index in [9.17, 15) is 0 Å². The van der Waals surface area contributed by atoms with Gasteiger partial charge in [-0.05, 0) is 52.9 Å². The third-order valence-corrected chi connectivity index (χ3v) is 10.9. The van der Waals surface area contributed by atoms with Gasteiger partial charge in [0.05, 0.1) is 16.6 Å². The van der Waals surface area contributed by atoms with Gasteiger partial charge in [0.15, 0.2) is 17.5 Å². The van der Waals surface area contributed by atoms with Crippen molar-refractivity contribution in [2.24, 2.45) is 0 Å². The van der Waals surface area contributed by atoms with Crippen molar-refractivity contribution < 1.29 is 4.42 Å². The molecule has 5 heteroatoms. The van der Waals surface area contributed by atoms with Gasteiger partial charge in [-0.2, -0.15) is 0 Å². The van der Waals surface area contributed by atoms with E-state index in [-0.39, 0.29) is 0 Å². The lowest BCUT2D eigenvalue weighted by molar-refractivity contribution is 0.669. The van der Waals surface area contributed by atoms with Crippen molar-refractivity contribution in [3.8, 4) is 45.3 Å². The Labute approximate surface area is 308 Å². The average molecular weight is 689 g/mol. The van der Waals surface area contributed by atoms with Crippen LogP contribution >= 0.6 is 0 Å². The summed E-state index contributed by atoms with van der Waals surface area (Å²) in [5.74, 6) is 1.92. The molecule has 0 radical (unpaired) electrons. The summed E-state index contributed by atoms with van der Waals surface area (Å²) in [6, 6.07) is 59.6. The van der Waals surface area contributed by atoms with Crippen LogP contribution in [0.25, 0.3) is 116 Å². The molecule has 0 spiro atoms. The van der Waals surface area contributed by atoms with Gasteiger partial charge in [-0.3, -0.25) is 0 Å². The highest BCUT2D eigenvalue weighted by atomic mass is 16.3. The van der Waals surface area contributed by atoms with Crippen molar-refractivity contribution in [3.05, 3.63) is 170 Å². The summed E-state index contributed by atoms with van der Waals surface area (Å²) < 4.78 is 9.05. The van der Waals surface area contributed by atoms with Gasteiger partial charge in [0.25, 0.3) is 0 Å². The Bertz CT molecular complexity index is 3380. The van der Waals surface area contributed by atoms with Crippen LogP contribution in [0.5, 0.6) is 0 Å². The van der Waals surface area contributed by atoms with E-state index in [0.717, 1.165) is 49.8 Å². The number of rotatable bonds is 4. The number of hydrogen-bond acceptors (Lipinski definition) is 4. The van der Waals surface area contributed by atoms with Gasteiger partial charge >= 0.3 is 0 Å². The molecular formula is C49H28N4O. The SMILES string of the molecule is c1ccc(-c2nc(-c3ccccc3)nc(-c3cccc(-c4ccc5oc6cc7c(ccc8c9cccc%10c%11ccccc%11n(c78)c%109)cc6c5c4)c3)n2)cc1. The normalized spacial score (nSPS) is 12.1. The minimum Gasteiger partial charge on any atom is -0.456 e. The fourth-order valence-corrected chi connectivity index (χ4v) is 8.46. The molecule has 12 rings (SSSR count). The quantitative estimate of drug-likeness (QED) is 0.185. The molecule has 8 aromatic carbocycles. The van der Waals surface area contributed by atoms with Crippen LogP contribution in [0, 0.1) is 0 Å². The first-order valence-electron chi connectivity index (χ1n) is 18.2. The van der Waals surface area contributed by atoms with E-state index < -0.39 is 0 Å². The molecule has 5 nitrogen and oxygen atoms in total. The van der Waals surface area contributed by atoms with Crippen LogP contribution in [-0.2, 0) is 0 Å². The van der Waals surface area contributed by atoms with E-state index in [1.165, 1.54) is 48.9 Å². The fourth-order valence-electron chi connectivity index (χ4n) is 8.46. The van der Waals surface area contributed by atoms with Gasteiger partial charge in [-0.25, -0.2) is 15.0 Å². The molecule has 0 aliphatic carbocycles. The zero-order valence-electron chi connectivity index (χ0n) is 28.9. The summed E-state index contributed by atoms with van der Waals surface area (Å²) in [5.41, 5.74) is 10.5. The molecule has 0 saturated heterocycles. The van der Waals surface area contributed by atoms with Gasteiger partial charge < -0.3 is 8.82 Å². The molecule has 54 heavy (non-hydrogen) atoms. The van der Waals surface area contributed by atoms with Crippen LogP contribution in [0.4, 0.5) is 0 Å². The second kappa shape index (κ2) is 11.1. The number of aromatic nitrogens is 4. The van der Waals surface area contributed by atoms with Gasteiger partial charge in [0.2, 0.25) is 0 Å². The maximum atomic E-state index is 6.60. The lowest BCUT2D eigenvalue weighted by Gasteiger charge is -2.09. The second-order valence-electron chi connectivity index (χ2n) is 14.0. The van der Waals surface area contributed by atoms with Crippen LogP contribution in [0.15, 0.2) is 174 Å². The van der Waals surface area contributed by atoms with E-state index in [4.69, 9.17) is 19.4 Å². The smallest absolute Gasteiger partial charge is 0.164 e. The zero-order valence-corrected chi connectivity index (χ0v) is 28.9. The Morgan fingerprint density at radius 1 is 0.333 bits per heavy atom. The zero-order chi connectivity index (χ0) is 35.3. The summed E-state index contributed by atoms with van der Waals surface area (Å²) >= 11 is 0. The first kappa shape index (κ1) is 29.2. The van der Waals surface area contributed by atoms with Crippen LogP contribution in [-0.4, -0.2) is 19.4 Å². The Morgan fingerprint density at radius 3 is 1.67 bits per heavy atom. The Balaban J connectivity index is 1.01. The van der Waals surface area contributed by atoms with Gasteiger partial charge in [-0.1, -0.05) is 133 Å². The summed E-state index contributed by atoms with van der Waals surface area (Å²) in [4.78, 5) is 14.8. The Morgan fingerprint density at radius 2 is 0.889 bits per heavy atom. The average Bonchev–Trinajstić information content (AvgIpc) is 3.90. The number of para-hydroxylation sites is 2. The van der Waals surface area contributed by atoms with Crippen molar-refractivity contribution in [3.63, 3.8) is 0 Å². The molecule has 4 heterocycles. The summed E-state index contributed by atoms with van der Waals surface area (Å²) in [7, 11) is 0. The lowest BCUT2D eigenvalue weighted by Crippen LogP contribution is -2.00. The third kappa shape index (κ3) is 4.24. The molecule has 0 saturated carbocycles. The van der Waals surface area contributed by atoms with E-state index >= 15 is 0 Å². The Hall–Kier alpha value is -7.37. The highest BCUT2D eigenvalue weighted by Crippen LogP contribution is 2.43. The monoisotopic (exact) mass is 688 g/mol. The third-order valence-electron chi connectivity index (χ3n) is 10.9. The second-order valence-corrected chi connectivity index (χ2v) is 14.0. The molecule has 0 fully saturated rings. The molecule has 0 bridgehead atoms. The summed E-state index contributed by atoms with van der Waals surface area (Å²) in [6.07, 6.45) is 0. The van der Waals surface area contributed by atoms with Gasteiger partial charge in [-0.15, -0.1) is 0 Å². The molecule has 0 atom stereocenters. The molecular weight excluding hydrogens is 661 g/mol. The van der Waals surface area contributed by atoms with E-state index in [1.807, 2.05) is 60.7 Å². The first-order valence-corrected chi connectivity index (χ1v) is 18.2. The number of furan rings is 1. The van der Waals surface area contributed by atoms with Crippen LogP contribution in [0.2, 0.25) is 0 Å². The van der Waals surface area contributed by atoms with Crippen LogP contribution in [0.1, 0.15) is 0 Å². The maximum Gasteiger partial charge on any atom is 0.164 e. The topological polar surface area (TPSA) is 56.2 Å². The van der Waals surface area contributed by atoms with E-state index in [1.54, 1.807) is 0 Å². The van der Waals surface area contributed by atoms with Crippen molar-refractivity contribution in [2.75, 3.05) is 0 Å². The summed E-state index contributed by atoms with van der Waals surface area (Å²) in [5, 5.41) is 9.68. The molecule has 12 aromatic rings. The molecule has 4 aromatic heterocycles. The minimum absolute atomic E-state index is 0.633. The fraction of sp³-hybridized carbons (Fsp3) is 0. The number of nitrogens with zero attached hydrogens (tertiary/aromatic N) is 4. The number of fused-ring (bicyclic) bond motifs is 11. The molecule has 0 unspecified atom stereocenters. The van der Waals surface area contributed by atoms with E-state index in [2.05, 4.69) is 114 Å². The van der Waals surface area contributed by atoms with Crippen molar-refractivity contribution >= 4 is 70.8 Å². The highest BCUT2D eigenvalue weighted by molar-refractivity contribution is 6.28. The van der Waals surface area contributed by atoms with Crippen molar-refractivity contribution in [1.29, 1.82) is 0 Å². The lowest BCUT2D eigenvalue weighted by atomic mass is 9.99. The largest absolute Gasteiger partial charge is 0.456 e. The number of benzene rings is 8. The first-order chi connectivity index (χ1) is 26.7. The maximum absolute atomic E-state index is 6.60. The Kier molecular flexibility index (Phi) is 5.99. The van der Waals surface area contributed by atoms with Crippen molar-refractivity contribution in [2.45, 2.75) is 0 Å². The number of hydrogen-bond donors (Lipinski definition) is 0. The molecule has 0 amide bonds. The molecule has 0 aliphatic rings. The van der Waals surface area contributed by atoms with E-state index in [0.29, 0.717) is 17.5 Å². The highest BCUT2D eigenvalue weighted by Gasteiger charge is 2.20. The summed E-state index contributed by atoms with van der Waals surface area (Å²) in [6.45, 7) is 0. The molecule has 0 aliphatic heterocycles. The predicted molar refractivity (Wildman–Crippen MR) is 221 cm³/mol. The predicted octanol–water partition coefficient (Wildman–Crippen LogP) is 12.7. The minimum atomic E-state index is 0.633. The van der Waals surface area contributed by atoms with Gasteiger partial charge in [0, 0.05) is 54.4 Å². The van der Waals surface area contributed by atoms with Crippen LogP contribution < -0.4 is 0 Å².